The SMILES string of the molecule is CCOC(=O)C(F)(F)[C@H](N)c1c(C#N)ccc(F)c1O.Cl. The average molecular weight is 325 g/mol. The number of nitriles is 1. The monoisotopic (exact) mass is 324 g/mol. The number of nitrogens with zero attached hydrogens (tertiary/aromatic N) is 1. The fraction of sp³-hybridized carbons (Fsp3) is 0.333. The molecule has 3 N–H and O–H groups in total. The molecular formula is C12H12ClF3N2O3. The zero-order chi connectivity index (χ0) is 15.5. The highest BCUT2D eigenvalue weighted by atomic mass is 35.5. The Labute approximate surface area is 124 Å². The van der Waals surface area contributed by atoms with Crippen LogP contribution in [-0.4, -0.2) is 23.6 Å². The molecule has 0 aliphatic rings. The van der Waals surface area contributed by atoms with Crippen molar-refractivity contribution < 1.29 is 27.8 Å². The summed E-state index contributed by atoms with van der Waals surface area (Å²) in [6.45, 7) is 1.02. The molecule has 0 amide bonds. The Kier molecular flexibility index (Phi) is 6.48. The maximum Gasteiger partial charge on any atom is 0.379 e. The van der Waals surface area contributed by atoms with Crippen LogP contribution in [0.4, 0.5) is 13.2 Å². The first kappa shape index (κ1) is 19.0. The number of carbonyl (C=O) groups excluding carboxylic acids is 1. The molecule has 5 nitrogen and oxygen atoms in total. The second kappa shape index (κ2) is 7.15. The molecule has 0 unspecified atom stereocenters. The summed E-state index contributed by atoms with van der Waals surface area (Å²) < 4.78 is 44.9. The Morgan fingerprint density at radius 1 is 1.57 bits per heavy atom. The molecule has 0 saturated heterocycles. The Hall–Kier alpha value is -1.98. The zero-order valence-corrected chi connectivity index (χ0v) is 11.6. The van der Waals surface area contributed by atoms with Gasteiger partial charge in [0.05, 0.1) is 18.2 Å². The van der Waals surface area contributed by atoms with Crippen molar-refractivity contribution in [3.63, 3.8) is 0 Å². The summed E-state index contributed by atoms with van der Waals surface area (Å²) in [5.74, 6) is -8.55. The third-order valence-electron chi connectivity index (χ3n) is 2.54. The standard InChI is InChI=1S/C12H11F3N2O3.ClH/c1-2-20-11(19)12(14,15)10(17)8-6(5-16)3-4-7(13)9(8)18;/h3-4,10,18H,2,17H2,1H3;1H/t10-;/m1./s1. The molecule has 116 valence electrons. The number of benzene rings is 1. The molecule has 1 aromatic rings. The van der Waals surface area contributed by atoms with Crippen LogP contribution in [-0.2, 0) is 9.53 Å². The smallest absolute Gasteiger partial charge is 0.379 e. The molecule has 0 radical (unpaired) electrons. The maximum atomic E-state index is 13.8. The van der Waals surface area contributed by atoms with E-state index in [2.05, 4.69) is 4.74 Å². The van der Waals surface area contributed by atoms with Gasteiger partial charge < -0.3 is 15.6 Å². The number of phenolic OH excluding ortho intramolecular Hbond substituents is 1. The molecule has 1 aromatic carbocycles. The predicted molar refractivity (Wildman–Crippen MR) is 68.5 cm³/mol. The van der Waals surface area contributed by atoms with Crippen LogP contribution < -0.4 is 5.73 Å². The minimum Gasteiger partial charge on any atom is -0.505 e. The fourth-order valence-corrected chi connectivity index (χ4v) is 1.53. The maximum absolute atomic E-state index is 13.8. The van der Waals surface area contributed by atoms with E-state index < -0.39 is 40.6 Å². The van der Waals surface area contributed by atoms with E-state index in [0.717, 1.165) is 12.1 Å². The number of carbonyl (C=O) groups is 1. The number of phenols is 1. The lowest BCUT2D eigenvalue weighted by molar-refractivity contribution is -0.174. The van der Waals surface area contributed by atoms with Crippen LogP contribution in [0.1, 0.15) is 24.1 Å². The second-order valence-electron chi connectivity index (χ2n) is 3.79. The number of esters is 1. The lowest BCUT2D eigenvalue weighted by Crippen LogP contribution is -2.42. The van der Waals surface area contributed by atoms with Gasteiger partial charge in [0, 0.05) is 5.56 Å². The van der Waals surface area contributed by atoms with Gasteiger partial charge in [-0.25, -0.2) is 9.18 Å². The first-order chi connectivity index (χ1) is 9.27. The van der Waals surface area contributed by atoms with Gasteiger partial charge in [-0.1, -0.05) is 0 Å². The molecule has 0 fully saturated rings. The van der Waals surface area contributed by atoms with Gasteiger partial charge in [0.1, 0.15) is 6.04 Å². The highest BCUT2D eigenvalue weighted by Gasteiger charge is 2.49. The summed E-state index contributed by atoms with van der Waals surface area (Å²) in [6.07, 6.45) is 0. The van der Waals surface area contributed by atoms with Crippen LogP contribution in [0, 0.1) is 17.1 Å². The van der Waals surface area contributed by atoms with Crippen LogP contribution in [0.2, 0.25) is 0 Å². The zero-order valence-electron chi connectivity index (χ0n) is 10.8. The first-order valence-electron chi connectivity index (χ1n) is 5.49. The first-order valence-corrected chi connectivity index (χ1v) is 5.49. The molecule has 1 atom stereocenters. The van der Waals surface area contributed by atoms with Crippen molar-refractivity contribution in [1.82, 2.24) is 0 Å². The number of alkyl halides is 2. The predicted octanol–water partition coefficient (Wildman–Crippen LogP) is 2.02. The molecule has 0 bridgehead atoms. The average Bonchev–Trinajstić information content (AvgIpc) is 2.41. The van der Waals surface area contributed by atoms with Gasteiger partial charge in [0.2, 0.25) is 0 Å². The highest BCUT2D eigenvalue weighted by Crippen LogP contribution is 2.38. The lowest BCUT2D eigenvalue weighted by Gasteiger charge is -2.23. The fourth-order valence-electron chi connectivity index (χ4n) is 1.53. The van der Waals surface area contributed by atoms with Crippen molar-refractivity contribution in [3.8, 4) is 11.8 Å². The summed E-state index contributed by atoms with van der Waals surface area (Å²) in [6, 6.07) is 0.694. The van der Waals surface area contributed by atoms with Gasteiger partial charge in [-0.05, 0) is 19.1 Å². The molecule has 0 saturated carbocycles. The number of hydrogen-bond donors (Lipinski definition) is 2. The topological polar surface area (TPSA) is 96.3 Å². The van der Waals surface area contributed by atoms with Gasteiger partial charge in [-0.15, -0.1) is 12.4 Å². The van der Waals surface area contributed by atoms with Crippen LogP contribution in [0.3, 0.4) is 0 Å². The number of rotatable bonds is 4. The summed E-state index contributed by atoms with van der Waals surface area (Å²) in [7, 11) is 0. The van der Waals surface area contributed by atoms with Gasteiger partial charge in [0.15, 0.2) is 11.6 Å². The van der Waals surface area contributed by atoms with E-state index in [-0.39, 0.29) is 19.0 Å². The quantitative estimate of drug-likeness (QED) is 0.826. The van der Waals surface area contributed by atoms with Crippen molar-refractivity contribution in [2.45, 2.75) is 18.9 Å². The van der Waals surface area contributed by atoms with E-state index in [9.17, 15) is 23.1 Å². The van der Waals surface area contributed by atoms with E-state index in [1.165, 1.54) is 13.0 Å². The summed E-state index contributed by atoms with van der Waals surface area (Å²) in [5.41, 5.74) is 3.92. The largest absolute Gasteiger partial charge is 0.505 e. The molecule has 0 heterocycles. The molecule has 0 aromatic heterocycles. The Bertz CT molecular complexity index is 576. The normalized spacial score (nSPS) is 12.0. The van der Waals surface area contributed by atoms with Crippen molar-refractivity contribution >= 4 is 18.4 Å². The van der Waals surface area contributed by atoms with E-state index >= 15 is 0 Å². The number of hydrogen-bond acceptors (Lipinski definition) is 5. The highest BCUT2D eigenvalue weighted by molar-refractivity contribution is 5.85. The molecular weight excluding hydrogens is 313 g/mol. The summed E-state index contributed by atoms with van der Waals surface area (Å²) in [5, 5.41) is 18.3. The molecule has 21 heavy (non-hydrogen) atoms. The molecule has 0 aliphatic carbocycles. The van der Waals surface area contributed by atoms with E-state index in [0.29, 0.717) is 0 Å². The van der Waals surface area contributed by atoms with Gasteiger partial charge in [-0.3, -0.25) is 0 Å². The van der Waals surface area contributed by atoms with Crippen molar-refractivity contribution in [2.24, 2.45) is 5.73 Å². The minimum atomic E-state index is -4.22. The van der Waals surface area contributed by atoms with Crippen LogP contribution in [0.15, 0.2) is 12.1 Å². The Balaban J connectivity index is 0.00000400. The van der Waals surface area contributed by atoms with Crippen LogP contribution in [0.25, 0.3) is 0 Å². The second-order valence-corrected chi connectivity index (χ2v) is 3.79. The summed E-state index contributed by atoms with van der Waals surface area (Å²) in [4.78, 5) is 11.2. The summed E-state index contributed by atoms with van der Waals surface area (Å²) >= 11 is 0. The van der Waals surface area contributed by atoms with E-state index in [1.54, 1.807) is 0 Å². The van der Waals surface area contributed by atoms with Crippen molar-refractivity contribution in [2.75, 3.05) is 6.61 Å². The molecule has 0 aliphatic heterocycles. The minimum absolute atomic E-state index is 0. The van der Waals surface area contributed by atoms with Gasteiger partial charge in [-0.2, -0.15) is 14.0 Å². The van der Waals surface area contributed by atoms with Gasteiger partial charge in [0.25, 0.3) is 0 Å². The van der Waals surface area contributed by atoms with Crippen molar-refractivity contribution in [3.05, 3.63) is 29.1 Å². The number of aromatic hydroxyl groups is 1. The Morgan fingerprint density at radius 3 is 2.62 bits per heavy atom. The van der Waals surface area contributed by atoms with E-state index in [1.807, 2.05) is 0 Å². The van der Waals surface area contributed by atoms with Gasteiger partial charge >= 0.3 is 11.9 Å². The lowest BCUT2D eigenvalue weighted by atomic mass is 9.95. The molecule has 1 rings (SSSR count). The molecule has 9 heteroatoms. The number of ether oxygens (including phenoxy) is 1. The third-order valence-corrected chi connectivity index (χ3v) is 2.54. The van der Waals surface area contributed by atoms with E-state index in [4.69, 9.17) is 11.0 Å². The van der Waals surface area contributed by atoms with Crippen LogP contribution >= 0.6 is 12.4 Å². The van der Waals surface area contributed by atoms with Crippen LogP contribution in [0.5, 0.6) is 5.75 Å². The third kappa shape index (κ3) is 3.56. The Morgan fingerprint density at radius 2 is 2.14 bits per heavy atom. The number of halogens is 4. The van der Waals surface area contributed by atoms with Crippen molar-refractivity contribution in [1.29, 1.82) is 5.26 Å². The number of nitrogens with two attached hydrogens (primary N) is 1. The molecule has 0 spiro atoms.